The minimum Gasteiger partial charge on any atom is -0.258 e. The van der Waals surface area contributed by atoms with E-state index in [-0.39, 0.29) is 12.1 Å². The summed E-state index contributed by atoms with van der Waals surface area (Å²) in [6.07, 6.45) is -5.20. The van der Waals surface area contributed by atoms with Crippen LogP contribution in [0.5, 0.6) is 0 Å². The van der Waals surface area contributed by atoms with Crippen molar-refractivity contribution in [2.24, 2.45) is 0 Å². The Hall–Kier alpha value is -3.21. The van der Waals surface area contributed by atoms with E-state index in [1.807, 2.05) is 0 Å². The van der Waals surface area contributed by atoms with Gasteiger partial charge in [-0.3, -0.25) is 20.2 Å². The third-order valence-corrected chi connectivity index (χ3v) is 2.40. The molecule has 108 valence electrons. The predicted octanol–water partition coefficient (Wildman–Crippen LogP) is 2.65. The van der Waals surface area contributed by atoms with Crippen LogP contribution in [0, 0.1) is 42.9 Å². The summed E-state index contributed by atoms with van der Waals surface area (Å²) in [6, 6.07) is 2.72. The van der Waals surface area contributed by atoms with Crippen LogP contribution < -0.4 is 0 Å². The molecule has 0 unspecified atom stereocenters. The van der Waals surface area contributed by atoms with Crippen LogP contribution in [0.15, 0.2) is 12.1 Å². The molecular weight excluding hydrogens is 297 g/mol. The largest absolute Gasteiger partial charge is 0.417 e. The summed E-state index contributed by atoms with van der Waals surface area (Å²) in [4.78, 5) is 18.8. The van der Waals surface area contributed by atoms with Crippen molar-refractivity contribution in [1.82, 2.24) is 0 Å². The van der Waals surface area contributed by atoms with E-state index in [9.17, 15) is 33.4 Å². The molecule has 0 radical (unpaired) electrons. The molecule has 1 rings (SSSR count). The minimum atomic E-state index is -5.20. The van der Waals surface area contributed by atoms with Crippen molar-refractivity contribution >= 4 is 11.4 Å². The number of nitro groups is 2. The number of rotatable bonds is 3. The molecule has 0 aliphatic carbocycles. The Balaban J connectivity index is 3.90. The van der Waals surface area contributed by atoms with Gasteiger partial charge >= 0.3 is 6.18 Å². The van der Waals surface area contributed by atoms with Gasteiger partial charge in [0.1, 0.15) is 0 Å². The van der Waals surface area contributed by atoms with Crippen LogP contribution in [0.2, 0.25) is 0 Å². The van der Waals surface area contributed by atoms with Gasteiger partial charge in [0.2, 0.25) is 0 Å². The molecule has 21 heavy (non-hydrogen) atoms. The summed E-state index contributed by atoms with van der Waals surface area (Å²) in [5.41, 5.74) is -5.42. The average molecular weight is 300 g/mol. The fraction of sp³-hybridized carbons (Fsp3) is 0.200. The van der Waals surface area contributed by atoms with Crippen molar-refractivity contribution in [3.05, 3.63) is 43.5 Å². The molecule has 0 atom stereocenters. The van der Waals surface area contributed by atoms with Gasteiger partial charge in [-0.15, -0.1) is 0 Å². The third-order valence-electron chi connectivity index (χ3n) is 2.40. The van der Waals surface area contributed by atoms with Crippen molar-refractivity contribution in [1.29, 1.82) is 10.5 Å². The highest BCUT2D eigenvalue weighted by Gasteiger charge is 2.42. The molecule has 0 amide bonds. The number of benzene rings is 1. The lowest BCUT2D eigenvalue weighted by molar-refractivity contribution is -0.395. The summed E-state index contributed by atoms with van der Waals surface area (Å²) in [6.45, 7) is 0. The van der Waals surface area contributed by atoms with E-state index in [4.69, 9.17) is 10.5 Å². The van der Waals surface area contributed by atoms with Crippen LogP contribution in [-0.4, -0.2) is 9.85 Å². The maximum Gasteiger partial charge on any atom is 0.417 e. The Kier molecular flexibility index (Phi) is 4.09. The highest BCUT2D eigenvalue weighted by molar-refractivity contribution is 5.59. The molecule has 0 spiro atoms. The Labute approximate surface area is 113 Å². The highest BCUT2D eigenvalue weighted by Crippen LogP contribution is 2.42. The lowest BCUT2D eigenvalue weighted by atomic mass is 9.93. The van der Waals surface area contributed by atoms with E-state index in [0.29, 0.717) is 0 Å². The van der Waals surface area contributed by atoms with Gasteiger partial charge in [0, 0.05) is 6.07 Å². The monoisotopic (exact) mass is 300 g/mol. The second-order valence-corrected chi connectivity index (χ2v) is 3.63. The second kappa shape index (κ2) is 5.42. The number of alkyl halides is 3. The third kappa shape index (κ3) is 3.03. The number of hydrogen-bond acceptors (Lipinski definition) is 6. The number of nitrogens with zero attached hydrogens (tertiary/aromatic N) is 4. The lowest BCUT2D eigenvalue weighted by Gasteiger charge is -2.13. The van der Waals surface area contributed by atoms with Gasteiger partial charge in [0.25, 0.3) is 11.4 Å². The molecule has 0 saturated carbocycles. The normalized spacial score (nSPS) is 10.8. The molecule has 0 aromatic heterocycles. The van der Waals surface area contributed by atoms with Gasteiger partial charge in [-0.25, -0.2) is 0 Å². The van der Waals surface area contributed by atoms with Gasteiger partial charge in [-0.1, -0.05) is 0 Å². The van der Waals surface area contributed by atoms with Crippen LogP contribution in [0.4, 0.5) is 24.5 Å². The zero-order valence-corrected chi connectivity index (χ0v) is 9.79. The van der Waals surface area contributed by atoms with E-state index in [1.165, 1.54) is 12.1 Å². The maximum absolute atomic E-state index is 12.9. The standard InChI is InChI=1S/C10H3F3N4O4/c11-10(12,13)7-1-6(16(18)19)2-8(17(20)21)9(7)5(3-14)4-15/h1-2,5H. The number of nitriles is 2. The molecule has 0 heterocycles. The number of hydrogen-bond donors (Lipinski definition) is 0. The molecule has 0 aliphatic heterocycles. The summed E-state index contributed by atoms with van der Waals surface area (Å²) >= 11 is 0. The SMILES string of the molecule is N#CC(C#N)c1c([N+](=O)[O-])cc([N+](=O)[O-])cc1C(F)(F)F. The molecule has 0 aliphatic rings. The van der Waals surface area contributed by atoms with Gasteiger partial charge in [0.05, 0.1) is 39.2 Å². The molecular formula is C10H3F3N4O4. The molecule has 1 aromatic rings. The predicted molar refractivity (Wildman–Crippen MR) is 58.7 cm³/mol. The molecule has 8 nitrogen and oxygen atoms in total. The molecule has 0 N–H and O–H groups in total. The minimum absolute atomic E-state index is 0.0595. The maximum atomic E-state index is 12.9. The smallest absolute Gasteiger partial charge is 0.258 e. The van der Waals surface area contributed by atoms with Crippen LogP contribution in [0.1, 0.15) is 17.0 Å². The van der Waals surface area contributed by atoms with Crippen molar-refractivity contribution in [2.75, 3.05) is 0 Å². The quantitative estimate of drug-likeness (QED) is 0.622. The van der Waals surface area contributed by atoms with Crippen LogP contribution in [-0.2, 0) is 6.18 Å². The second-order valence-electron chi connectivity index (χ2n) is 3.63. The molecule has 0 fully saturated rings. The highest BCUT2D eigenvalue weighted by atomic mass is 19.4. The summed E-state index contributed by atoms with van der Waals surface area (Å²) in [5, 5.41) is 38.7. The molecule has 11 heteroatoms. The van der Waals surface area contributed by atoms with Crippen LogP contribution in [0.3, 0.4) is 0 Å². The Morgan fingerprint density at radius 3 is 1.95 bits per heavy atom. The number of nitro benzene ring substituents is 2. The van der Waals surface area contributed by atoms with Crippen molar-refractivity contribution < 1.29 is 23.0 Å². The first kappa shape index (κ1) is 15.8. The average Bonchev–Trinajstić information content (AvgIpc) is 2.38. The van der Waals surface area contributed by atoms with Crippen LogP contribution >= 0.6 is 0 Å². The summed E-state index contributed by atoms with van der Waals surface area (Å²) < 4.78 is 38.7. The van der Waals surface area contributed by atoms with Gasteiger partial charge < -0.3 is 0 Å². The fourth-order valence-corrected chi connectivity index (χ4v) is 1.58. The van der Waals surface area contributed by atoms with Gasteiger partial charge in [0.15, 0.2) is 5.92 Å². The molecule has 0 saturated heterocycles. The zero-order chi connectivity index (χ0) is 16.4. The van der Waals surface area contributed by atoms with Crippen molar-refractivity contribution in [2.45, 2.75) is 12.1 Å². The molecule has 0 bridgehead atoms. The number of halogens is 3. The zero-order valence-electron chi connectivity index (χ0n) is 9.79. The van der Waals surface area contributed by atoms with E-state index < -0.39 is 44.4 Å². The Bertz CT molecular complexity index is 688. The summed E-state index contributed by atoms with van der Waals surface area (Å²) in [7, 11) is 0. The number of non-ortho nitro benzene ring substituents is 1. The Morgan fingerprint density at radius 2 is 1.62 bits per heavy atom. The van der Waals surface area contributed by atoms with Crippen molar-refractivity contribution in [3.8, 4) is 12.1 Å². The summed E-state index contributed by atoms with van der Waals surface area (Å²) in [5.74, 6) is -2.08. The lowest BCUT2D eigenvalue weighted by Crippen LogP contribution is -2.14. The van der Waals surface area contributed by atoms with E-state index in [2.05, 4.69) is 0 Å². The molecule has 1 aromatic carbocycles. The first-order chi connectivity index (χ1) is 9.63. The van der Waals surface area contributed by atoms with Gasteiger partial charge in [-0.2, -0.15) is 23.7 Å². The van der Waals surface area contributed by atoms with Crippen molar-refractivity contribution in [3.63, 3.8) is 0 Å². The van der Waals surface area contributed by atoms with E-state index in [1.54, 1.807) is 0 Å². The van der Waals surface area contributed by atoms with Crippen LogP contribution in [0.25, 0.3) is 0 Å². The Morgan fingerprint density at radius 1 is 1.10 bits per heavy atom. The van der Waals surface area contributed by atoms with Gasteiger partial charge in [-0.05, 0) is 0 Å². The topological polar surface area (TPSA) is 134 Å². The first-order valence-electron chi connectivity index (χ1n) is 4.96. The fourth-order valence-electron chi connectivity index (χ4n) is 1.58. The van der Waals surface area contributed by atoms with E-state index in [0.717, 1.165) is 0 Å². The first-order valence-corrected chi connectivity index (χ1v) is 4.96. The van der Waals surface area contributed by atoms with E-state index >= 15 is 0 Å².